The summed E-state index contributed by atoms with van der Waals surface area (Å²) in [7, 11) is 5.78. The fourth-order valence-electron chi connectivity index (χ4n) is 3.32. The number of benzene rings is 1. The van der Waals surface area contributed by atoms with Gasteiger partial charge in [0.15, 0.2) is 5.75 Å². The Kier molecular flexibility index (Phi) is 6.92. The van der Waals surface area contributed by atoms with Gasteiger partial charge in [-0.3, -0.25) is 9.59 Å². The largest absolute Gasteiger partial charge is 0.491 e. The molecule has 0 aliphatic heterocycles. The predicted molar refractivity (Wildman–Crippen MR) is 120 cm³/mol. The molecule has 29 heavy (non-hydrogen) atoms. The molecule has 2 aromatic heterocycles. The van der Waals surface area contributed by atoms with Crippen molar-refractivity contribution in [3.63, 3.8) is 0 Å². The van der Waals surface area contributed by atoms with Crippen LogP contribution in [0.5, 0.6) is 5.75 Å². The standard InChI is InChI=1S/C22H29N3O3S/c1-5-6-14-28-18-17-19(15-10-7-8-11-16(15)25(4)22(17)27)29-20(18)21(26)23-12-9-13-24(2)3/h7-8,10-11H,5-6,9,12-14H2,1-4H3,(H,23,26). The Bertz CT molecular complexity index is 1070. The molecule has 0 fully saturated rings. The fourth-order valence-corrected chi connectivity index (χ4v) is 4.51. The van der Waals surface area contributed by atoms with Crippen LogP contribution < -0.4 is 15.6 Å². The third kappa shape index (κ3) is 4.46. The van der Waals surface area contributed by atoms with Crippen LogP contribution in [0.25, 0.3) is 21.0 Å². The number of carbonyl (C=O) groups excluding carboxylic acids is 1. The lowest BCUT2D eigenvalue weighted by Crippen LogP contribution is -2.27. The van der Waals surface area contributed by atoms with E-state index in [0.29, 0.717) is 29.2 Å². The van der Waals surface area contributed by atoms with Crippen LogP contribution in [0.4, 0.5) is 0 Å². The molecular formula is C22H29N3O3S. The van der Waals surface area contributed by atoms with Gasteiger partial charge in [-0.25, -0.2) is 0 Å². The number of fused-ring (bicyclic) bond motifs is 3. The second kappa shape index (κ2) is 9.41. The number of para-hydroxylation sites is 1. The maximum atomic E-state index is 13.1. The highest BCUT2D eigenvalue weighted by Gasteiger charge is 2.24. The molecule has 0 spiro atoms. The Balaban J connectivity index is 2.07. The smallest absolute Gasteiger partial charge is 0.265 e. The Morgan fingerprint density at radius 2 is 2.00 bits per heavy atom. The van der Waals surface area contributed by atoms with Crippen molar-refractivity contribution in [2.45, 2.75) is 26.2 Å². The molecule has 0 atom stereocenters. The highest BCUT2D eigenvalue weighted by atomic mass is 32.1. The summed E-state index contributed by atoms with van der Waals surface area (Å²) in [6, 6.07) is 7.78. The first-order chi connectivity index (χ1) is 14.0. The molecule has 1 amide bonds. The van der Waals surface area contributed by atoms with Crippen LogP contribution in [-0.4, -0.2) is 49.2 Å². The Labute approximate surface area is 175 Å². The van der Waals surface area contributed by atoms with E-state index < -0.39 is 0 Å². The molecule has 0 radical (unpaired) electrons. The summed E-state index contributed by atoms with van der Waals surface area (Å²) < 4.78 is 8.46. The zero-order valence-electron chi connectivity index (χ0n) is 17.6. The van der Waals surface area contributed by atoms with Gasteiger partial charge in [0.05, 0.1) is 16.8 Å². The second-order valence-corrected chi connectivity index (χ2v) is 8.48. The van der Waals surface area contributed by atoms with Crippen molar-refractivity contribution < 1.29 is 9.53 Å². The van der Waals surface area contributed by atoms with Gasteiger partial charge >= 0.3 is 0 Å². The Morgan fingerprint density at radius 3 is 2.72 bits per heavy atom. The van der Waals surface area contributed by atoms with Gasteiger partial charge in [-0.05, 0) is 39.5 Å². The van der Waals surface area contributed by atoms with Crippen molar-refractivity contribution in [2.75, 3.05) is 33.8 Å². The molecule has 7 heteroatoms. The first-order valence-electron chi connectivity index (χ1n) is 10.1. The average Bonchev–Trinajstić information content (AvgIpc) is 3.09. The Morgan fingerprint density at radius 1 is 1.24 bits per heavy atom. The van der Waals surface area contributed by atoms with E-state index >= 15 is 0 Å². The molecule has 3 rings (SSSR count). The van der Waals surface area contributed by atoms with Crippen molar-refractivity contribution >= 4 is 38.2 Å². The molecule has 6 nitrogen and oxygen atoms in total. The summed E-state index contributed by atoms with van der Waals surface area (Å²) in [6.45, 7) is 4.05. The zero-order chi connectivity index (χ0) is 21.0. The van der Waals surface area contributed by atoms with Gasteiger partial charge in [0, 0.05) is 19.0 Å². The molecule has 1 N–H and O–H groups in total. The number of hydrogen-bond acceptors (Lipinski definition) is 5. The SMILES string of the molecule is CCCCOc1c(C(=O)NCCCN(C)C)sc2c1c(=O)n(C)c1ccccc21. The van der Waals surface area contributed by atoms with Gasteiger partial charge in [0.1, 0.15) is 10.3 Å². The lowest BCUT2D eigenvalue weighted by molar-refractivity contribution is 0.0953. The maximum absolute atomic E-state index is 13.1. The van der Waals surface area contributed by atoms with Crippen molar-refractivity contribution in [1.82, 2.24) is 14.8 Å². The lowest BCUT2D eigenvalue weighted by Gasteiger charge is -2.11. The van der Waals surface area contributed by atoms with E-state index in [0.717, 1.165) is 41.4 Å². The van der Waals surface area contributed by atoms with Gasteiger partial charge in [-0.15, -0.1) is 11.3 Å². The number of carbonyl (C=O) groups is 1. The summed E-state index contributed by atoms with van der Waals surface area (Å²) >= 11 is 1.35. The quantitative estimate of drug-likeness (QED) is 0.542. The van der Waals surface area contributed by atoms with E-state index in [9.17, 15) is 9.59 Å². The predicted octanol–water partition coefficient (Wildman–Crippen LogP) is 3.61. The number of pyridine rings is 1. The second-order valence-electron chi connectivity index (χ2n) is 7.46. The highest BCUT2D eigenvalue weighted by molar-refractivity contribution is 7.22. The van der Waals surface area contributed by atoms with Crippen LogP contribution in [0.3, 0.4) is 0 Å². The summed E-state index contributed by atoms with van der Waals surface area (Å²) in [5, 5.41) is 4.45. The van der Waals surface area contributed by atoms with Gasteiger partial charge in [-0.2, -0.15) is 0 Å². The molecule has 0 bridgehead atoms. The highest BCUT2D eigenvalue weighted by Crippen LogP contribution is 2.39. The van der Waals surface area contributed by atoms with Gasteiger partial charge in [-0.1, -0.05) is 31.5 Å². The van der Waals surface area contributed by atoms with E-state index in [1.54, 1.807) is 11.6 Å². The summed E-state index contributed by atoms with van der Waals surface area (Å²) in [5.41, 5.74) is 0.720. The topological polar surface area (TPSA) is 63.6 Å². The number of ether oxygens (including phenoxy) is 1. The molecule has 1 aromatic carbocycles. The number of unbranched alkanes of at least 4 members (excludes halogenated alkanes) is 1. The van der Waals surface area contributed by atoms with Gasteiger partial charge in [0.25, 0.3) is 11.5 Å². The maximum Gasteiger partial charge on any atom is 0.265 e. The van der Waals surface area contributed by atoms with Crippen molar-refractivity contribution in [3.8, 4) is 5.75 Å². The number of nitrogens with zero attached hydrogens (tertiary/aromatic N) is 2. The molecule has 0 saturated carbocycles. The minimum Gasteiger partial charge on any atom is -0.491 e. The van der Waals surface area contributed by atoms with E-state index in [-0.39, 0.29) is 11.5 Å². The van der Waals surface area contributed by atoms with Crippen molar-refractivity contribution in [1.29, 1.82) is 0 Å². The number of rotatable bonds is 9. The van der Waals surface area contributed by atoms with Crippen LogP contribution >= 0.6 is 11.3 Å². The summed E-state index contributed by atoms with van der Waals surface area (Å²) in [5.74, 6) is 0.248. The molecule has 0 saturated heterocycles. The fraction of sp³-hybridized carbons (Fsp3) is 0.455. The number of aromatic nitrogens is 1. The molecule has 0 aliphatic carbocycles. The number of amides is 1. The Hall–Kier alpha value is -2.38. The van der Waals surface area contributed by atoms with E-state index in [1.807, 2.05) is 38.4 Å². The number of hydrogen-bond donors (Lipinski definition) is 1. The minimum absolute atomic E-state index is 0.131. The van der Waals surface area contributed by atoms with Crippen LogP contribution in [0, 0.1) is 0 Å². The summed E-state index contributed by atoms with van der Waals surface area (Å²) in [6.07, 6.45) is 2.71. The van der Waals surface area contributed by atoms with E-state index in [2.05, 4.69) is 17.1 Å². The first kappa shape index (κ1) is 21.3. The van der Waals surface area contributed by atoms with Crippen LogP contribution in [-0.2, 0) is 7.05 Å². The van der Waals surface area contributed by atoms with Crippen molar-refractivity contribution in [3.05, 3.63) is 39.5 Å². The number of aryl methyl sites for hydroxylation is 1. The zero-order valence-corrected chi connectivity index (χ0v) is 18.4. The number of thiophene rings is 1. The van der Waals surface area contributed by atoms with E-state index in [4.69, 9.17) is 4.74 Å². The molecule has 3 aromatic rings. The third-order valence-corrected chi connectivity index (χ3v) is 6.11. The van der Waals surface area contributed by atoms with Gasteiger partial charge in [0.2, 0.25) is 0 Å². The monoisotopic (exact) mass is 415 g/mol. The molecule has 2 heterocycles. The molecule has 0 aliphatic rings. The van der Waals surface area contributed by atoms with Gasteiger partial charge < -0.3 is 19.5 Å². The minimum atomic E-state index is -0.178. The lowest BCUT2D eigenvalue weighted by atomic mass is 10.1. The van der Waals surface area contributed by atoms with Crippen molar-refractivity contribution in [2.24, 2.45) is 7.05 Å². The normalized spacial score (nSPS) is 11.5. The summed E-state index contributed by atoms with van der Waals surface area (Å²) in [4.78, 5) is 28.6. The average molecular weight is 416 g/mol. The molecule has 0 unspecified atom stereocenters. The van der Waals surface area contributed by atoms with Crippen LogP contribution in [0.2, 0.25) is 0 Å². The first-order valence-corrected chi connectivity index (χ1v) is 10.9. The number of nitrogens with one attached hydrogen (secondary N) is 1. The van der Waals surface area contributed by atoms with E-state index in [1.165, 1.54) is 11.3 Å². The van der Waals surface area contributed by atoms with Crippen LogP contribution in [0.15, 0.2) is 29.1 Å². The molecular weight excluding hydrogens is 386 g/mol. The van der Waals surface area contributed by atoms with Crippen LogP contribution in [0.1, 0.15) is 35.9 Å². The molecule has 156 valence electrons. The third-order valence-electron chi connectivity index (χ3n) is 4.91.